The second-order valence-corrected chi connectivity index (χ2v) is 5.63. The summed E-state index contributed by atoms with van der Waals surface area (Å²) in [6.45, 7) is 2.14. The number of nitrogens with zero attached hydrogens (tertiary/aromatic N) is 1. The molecule has 0 bridgehead atoms. The summed E-state index contributed by atoms with van der Waals surface area (Å²) < 4.78 is 7.01. The molecule has 3 nitrogen and oxygen atoms in total. The first-order valence-electron chi connectivity index (χ1n) is 6.43. The van der Waals surface area contributed by atoms with Crippen LogP contribution in [0.25, 0.3) is 10.9 Å². The minimum atomic E-state index is -0.293. The number of carbonyl (C=O) groups is 1. The Morgan fingerprint density at radius 3 is 2.75 bits per heavy atom. The van der Waals surface area contributed by atoms with E-state index >= 15 is 0 Å². The highest BCUT2D eigenvalue weighted by molar-refractivity contribution is 7.10. The van der Waals surface area contributed by atoms with Gasteiger partial charge in [0.15, 0.2) is 0 Å². The van der Waals surface area contributed by atoms with Crippen molar-refractivity contribution in [2.75, 3.05) is 7.11 Å². The van der Waals surface area contributed by atoms with Crippen molar-refractivity contribution in [1.82, 2.24) is 4.57 Å². The summed E-state index contributed by atoms with van der Waals surface area (Å²) in [7, 11) is 1.41. The van der Waals surface area contributed by atoms with Gasteiger partial charge in [-0.1, -0.05) is 24.3 Å². The molecule has 0 N–H and O–H groups in total. The van der Waals surface area contributed by atoms with Crippen molar-refractivity contribution < 1.29 is 9.53 Å². The van der Waals surface area contributed by atoms with Crippen LogP contribution < -0.4 is 0 Å². The summed E-state index contributed by atoms with van der Waals surface area (Å²) in [5, 5.41) is 3.00. The average molecular weight is 285 g/mol. The van der Waals surface area contributed by atoms with Crippen molar-refractivity contribution in [1.29, 1.82) is 0 Å². The number of thiophene rings is 1. The summed E-state index contributed by atoms with van der Waals surface area (Å²) in [6, 6.07) is 12.3. The van der Waals surface area contributed by atoms with Gasteiger partial charge in [-0.25, -0.2) is 4.79 Å². The molecule has 0 saturated carbocycles. The number of aromatic nitrogens is 1. The van der Waals surface area contributed by atoms with E-state index in [9.17, 15) is 4.79 Å². The van der Waals surface area contributed by atoms with Gasteiger partial charge in [-0.2, -0.15) is 0 Å². The minimum Gasteiger partial charge on any atom is -0.465 e. The molecule has 1 unspecified atom stereocenters. The van der Waals surface area contributed by atoms with Crippen molar-refractivity contribution >= 4 is 28.2 Å². The fourth-order valence-electron chi connectivity index (χ4n) is 2.46. The van der Waals surface area contributed by atoms with Crippen molar-refractivity contribution in [3.63, 3.8) is 0 Å². The number of rotatable bonds is 3. The van der Waals surface area contributed by atoms with Crippen molar-refractivity contribution in [2.24, 2.45) is 0 Å². The second kappa shape index (κ2) is 5.13. The minimum absolute atomic E-state index is 0.193. The van der Waals surface area contributed by atoms with Crippen molar-refractivity contribution in [3.05, 3.63) is 58.4 Å². The van der Waals surface area contributed by atoms with Crippen LogP contribution in [-0.2, 0) is 4.74 Å². The van der Waals surface area contributed by atoms with Crippen LogP contribution in [-0.4, -0.2) is 17.6 Å². The third kappa shape index (κ3) is 2.02. The zero-order chi connectivity index (χ0) is 14.1. The first-order valence-corrected chi connectivity index (χ1v) is 7.31. The van der Waals surface area contributed by atoms with Crippen LogP contribution in [0, 0.1) is 0 Å². The lowest BCUT2D eigenvalue weighted by Crippen LogP contribution is -2.04. The van der Waals surface area contributed by atoms with E-state index < -0.39 is 0 Å². The van der Waals surface area contributed by atoms with Crippen LogP contribution in [0.1, 0.15) is 28.2 Å². The number of hydrogen-bond donors (Lipinski definition) is 0. The molecule has 0 radical (unpaired) electrons. The summed E-state index contributed by atoms with van der Waals surface area (Å²) in [6.07, 6.45) is 1.89. The first kappa shape index (κ1) is 12.9. The van der Waals surface area contributed by atoms with Crippen LogP contribution in [0.5, 0.6) is 0 Å². The first-order chi connectivity index (χ1) is 9.72. The molecule has 0 aliphatic rings. The Hall–Kier alpha value is -2.07. The van der Waals surface area contributed by atoms with Gasteiger partial charge in [0.2, 0.25) is 0 Å². The predicted molar refractivity (Wildman–Crippen MR) is 81.4 cm³/mol. The Balaban J connectivity index is 2.19. The lowest BCUT2D eigenvalue weighted by atomic mass is 10.2. The maximum Gasteiger partial charge on any atom is 0.340 e. The van der Waals surface area contributed by atoms with E-state index in [1.807, 2.05) is 36.5 Å². The van der Waals surface area contributed by atoms with Gasteiger partial charge in [-0.3, -0.25) is 0 Å². The Bertz CT molecular complexity index is 743. The fraction of sp³-hybridized carbons (Fsp3) is 0.188. The number of ether oxygens (including phenoxy) is 1. The molecule has 102 valence electrons. The van der Waals surface area contributed by atoms with Gasteiger partial charge in [0.1, 0.15) is 0 Å². The molecular formula is C16H15NO2S. The van der Waals surface area contributed by atoms with Crippen LogP contribution in [0.2, 0.25) is 0 Å². The molecule has 20 heavy (non-hydrogen) atoms. The van der Waals surface area contributed by atoms with E-state index in [4.69, 9.17) is 4.74 Å². The van der Waals surface area contributed by atoms with E-state index in [2.05, 4.69) is 22.9 Å². The number of carbonyl (C=O) groups excluding carboxylic acids is 1. The zero-order valence-corrected chi connectivity index (χ0v) is 12.2. The zero-order valence-electron chi connectivity index (χ0n) is 11.4. The number of benzene rings is 1. The molecule has 1 aromatic carbocycles. The average Bonchev–Trinajstić information content (AvgIpc) is 3.13. The van der Waals surface area contributed by atoms with Gasteiger partial charge in [0.25, 0.3) is 0 Å². The van der Waals surface area contributed by atoms with Gasteiger partial charge in [-0.15, -0.1) is 11.3 Å². The van der Waals surface area contributed by atoms with Crippen molar-refractivity contribution in [2.45, 2.75) is 13.0 Å². The van der Waals surface area contributed by atoms with E-state index in [-0.39, 0.29) is 12.0 Å². The summed E-state index contributed by atoms with van der Waals surface area (Å²) >= 11 is 1.72. The molecular weight excluding hydrogens is 270 g/mol. The Morgan fingerprint density at radius 1 is 1.25 bits per heavy atom. The third-order valence-electron chi connectivity index (χ3n) is 3.52. The Labute approximate surface area is 121 Å². The highest BCUT2D eigenvalue weighted by atomic mass is 32.1. The van der Waals surface area contributed by atoms with Gasteiger partial charge in [0, 0.05) is 22.0 Å². The molecule has 0 amide bonds. The van der Waals surface area contributed by atoms with Crippen LogP contribution >= 0.6 is 11.3 Å². The van der Waals surface area contributed by atoms with Crippen molar-refractivity contribution in [3.8, 4) is 0 Å². The van der Waals surface area contributed by atoms with Gasteiger partial charge >= 0.3 is 5.97 Å². The van der Waals surface area contributed by atoms with Gasteiger partial charge < -0.3 is 9.30 Å². The third-order valence-corrected chi connectivity index (χ3v) is 4.56. The fourth-order valence-corrected chi connectivity index (χ4v) is 3.25. The van der Waals surface area contributed by atoms with E-state index in [0.29, 0.717) is 5.56 Å². The predicted octanol–water partition coefficient (Wildman–Crippen LogP) is 4.10. The molecule has 0 saturated heterocycles. The maximum absolute atomic E-state index is 11.9. The molecule has 2 heterocycles. The molecule has 3 rings (SSSR count). The Kier molecular flexibility index (Phi) is 3.32. The second-order valence-electron chi connectivity index (χ2n) is 4.65. The monoisotopic (exact) mass is 285 g/mol. The molecule has 0 aliphatic carbocycles. The lowest BCUT2D eigenvalue weighted by Gasteiger charge is -2.13. The quantitative estimate of drug-likeness (QED) is 0.678. The smallest absolute Gasteiger partial charge is 0.340 e. The van der Waals surface area contributed by atoms with Crippen LogP contribution in [0.15, 0.2) is 48.0 Å². The molecule has 2 aromatic heterocycles. The largest absolute Gasteiger partial charge is 0.465 e. The Morgan fingerprint density at radius 2 is 2.05 bits per heavy atom. The highest BCUT2D eigenvalue weighted by Crippen LogP contribution is 2.30. The molecule has 1 atom stereocenters. The van der Waals surface area contributed by atoms with E-state index in [1.54, 1.807) is 11.3 Å². The normalized spacial score (nSPS) is 12.5. The highest BCUT2D eigenvalue weighted by Gasteiger charge is 2.18. The SMILES string of the molecule is COC(=O)c1cn(C(C)c2cccs2)c2ccccc12. The molecule has 4 heteroatoms. The maximum atomic E-state index is 11.9. The number of hydrogen-bond acceptors (Lipinski definition) is 3. The molecule has 0 spiro atoms. The van der Waals surface area contributed by atoms with E-state index in [0.717, 1.165) is 10.9 Å². The van der Waals surface area contributed by atoms with E-state index in [1.165, 1.54) is 12.0 Å². The number of para-hydroxylation sites is 1. The topological polar surface area (TPSA) is 31.2 Å². The summed E-state index contributed by atoms with van der Waals surface area (Å²) in [5.74, 6) is -0.293. The number of esters is 1. The van der Waals surface area contributed by atoms with Gasteiger partial charge in [0.05, 0.1) is 18.7 Å². The van der Waals surface area contributed by atoms with Crippen LogP contribution in [0.4, 0.5) is 0 Å². The number of fused-ring (bicyclic) bond motifs is 1. The standard InChI is InChI=1S/C16H15NO2S/c1-11(15-8-5-9-20-15)17-10-13(16(18)19-2)12-6-3-4-7-14(12)17/h3-11H,1-2H3. The summed E-state index contributed by atoms with van der Waals surface area (Å²) in [5.41, 5.74) is 1.67. The number of methoxy groups -OCH3 is 1. The molecule has 0 fully saturated rings. The molecule has 3 aromatic rings. The lowest BCUT2D eigenvalue weighted by molar-refractivity contribution is 0.0602. The summed E-state index contributed by atoms with van der Waals surface area (Å²) in [4.78, 5) is 13.2. The molecule has 0 aliphatic heterocycles. The van der Waals surface area contributed by atoms with Crippen LogP contribution in [0.3, 0.4) is 0 Å². The van der Waals surface area contributed by atoms with Gasteiger partial charge in [-0.05, 0) is 24.4 Å².